The van der Waals surface area contributed by atoms with Crippen molar-refractivity contribution in [1.82, 2.24) is 4.98 Å². The molecule has 0 saturated carbocycles. The van der Waals surface area contributed by atoms with E-state index in [0.717, 1.165) is 6.20 Å². The van der Waals surface area contributed by atoms with Gasteiger partial charge in [-0.15, -0.1) is 0 Å². The molecule has 1 aromatic heterocycles. The normalized spacial score (nSPS) is 10.1. The van der Waals surface area contributed by atoms with Crippen LogP contribution in [0.25, 0.3) is 0 Å². The molecule has 80 valence electrons. The first-order chi connectivity index (χ1) is 7.15. The lowest BCUT2D eigenvalue weighted by atomic mass is 10.1. The van der Waals surface area contributed by atoms with Crippen LogP contribution in [0.4, 0.5) is 8.78 Å². The van der Waals surface area contributed by atoms with E-state index in [1.165, 1.54) is 7.11 Å². The highest BCUT2D eigenvalue weighted by Gasteiger charge is 2.22. The van der Waals surface area contributed by atoms with Gasteiger partial charge in [-0.1, -0.05) is 0 Å². The Morgan fingerprint density at radius 1 is 1.67 bits per heavy atom. The van der Waals surface area contributed by atoms with E-state index in [2.05, 4.69) is 4.98 Å². The van der Waals surface area contributed by atoms with E-state index < -0.39 is 24.3 Å². The maximum absolute atomic E-state index is 12.6. The highest BCUT2D eigenvalue weighted by atomic mass is 19.3. The lowest BCUT2D eigenvalue weighted by Gasteiger charge is -2.11. The largest absolute Gasteiger partial charge is 0.495 e. The number of aromatic nitrogens is 1. The van der Waals surface area contributed by atoms with Crippen molar-refractivity contribution in [3.05, 3.63) is 23.0 Å². The zero-order valence-corrected chi connectivity index (χ0v) is 7.87. The number of ether oxygens (including phenoxy) is 1. The number of aliphatic hydroxyl groups is 1. The maximum atomic E-state index is 12.6. The summed E-state index contributed by atoms with van der Waals surface area (Å²) in [6, 6.07) is 1.55. The molecule has 0 radical (unpaired) electrons. The van der Waals surface area contributed by atoms with Gasteiger partial charge in [0, 0.05) is 5.56 Å². The molecule has 0 unspecified atom stereocenters. The molecular formula is C9H8F2N2O2. The average molecular weight is 214 g/mol. The molecule has 0 fully saturated rings. The molecule has 0 aliphatic carbocycles. The van der Waals surface area contributed by atoms with E-state index in [1.807, 2.05) is 0 Å². The molecule has 1 N–H and O–H groups in total. The Morgan fingerprint density at radius 3 is 2.73 bits per heavy atom. The molecule has 0 aliphatic heterocycles. The number of alkyl halides is 2. The summed E-state index contributed by atoms with van der Waals surface area (Å²) in [7, 11) is 1.28. The van der Waals surface area contributed by atoms with Crippen molar-refractivity contribution >= 4 is 0 Å². The monoisotopic (exact) mass is 214 g/mol. The SMILES string of the molecule is COc1cnc(C#N)c(C(F)F)c1CO. The van der Waals surface area contributed by atoms with E-state index >= 15 is 0 Å². The Labute approximate surface area is 84.7 Å². The Bertz CT molecular complexity index is 402. The molecule has 0 amide bonds. The van der Waals surface area contributed by atoms with E-state index in [9.17, 15) is 8.78 Å². The van der Waals surface area contributed by atoms with Gasteiger partial charge in [0.05, 0.1) is 25.5 Å². The number of nitriles is 1. The molecule has 1 heterocycles. The van der Waals surface area contributed by atoms with Gasteiger partial charge in [0.15, 0.2) is 0 Å². The summed E-state index contributed by atoms with van der Waals surface area (Å²) in [5.74, 6) is 0.0480. The summed E-state index contributed by atoms with van der Waals surface area (Å²) in [5, 5.41) is 17.5. The molecule has 15 heavy (non-hydrogen) atoms. The van der Waals surface area contributed by atoms with Crippen LogP contribution < -0.4 is 4.74 Å². The van der Waals surface area contributed by atoms with E-state index in [1.54, 1.807) is 6.07 Å². The number of aliphatic hydroxyl groups excluding tert-OH is 1. The van der Waals surface area contributed by atoms with Crippen LogP contribution in [0.2, 0.25) is 0 Å². The molecule has 1 aromatic rings. The maximum Gasteiger partial charge on any atom is 0.267 e. The molecule has 0 aliphatic rings. The van der Waals surface area contributed by atoms with Gasteiger partial charge < -0.3 is 9.84 Å². The quantitative estimate of drug-likeness (QED) is 0.825. The number of hydrogen-bond acceptors (Lipinski definition) is 4. The van der Waals surface area contributed by atoms with Crippen LogP contribution in [0.5, 0.6) is 5.75 Å². The molecule has 0 bridgehead atoms. The van der Waals surface area contributed by atoms with Crippen LogP contribution in [-0.2, 0) is 6.61 Å². The molecular weight excluding hydrogens is 206 g/mol. The van der Waals surface area contributed by atoms with Crippen molar-refractivity contribution in [3.8, 4) is 11.8 Å². The molecule has 0 spiro atoms. The predicted octanol–water partition coefficient (Wildman–Crippen LogP) is 1.39. The molecule has 6 heteroatoms. The fourth-order valence-corrected chi connectivity index (χ4v) is 1.21. The van der Waals surface area contributed by atoms with Crippen LogP contribution in [0, 0.1) is 11.3 Å². The number of nitrogens with zero attached hydrogens (tertiary/aromatic N) is 2. The van der Waals surface area contributed by atoms with Gasteiger partial charge in [-0.3, -0.25) is 0 Å². The van der Waals surface area contributed by atoms with Crippen molar-refractivity contribution in [2.24, 2.45) is 0 Å². The fourth-order valence-electron chi connectivity index (χ4n) is 1.21. The van der Waals surface area contributed by atoms with Gasteiger partial charge in [0.1, 0.15) is 17.5 Å². The third-order valence-corrected chi connectivity index (χ3v) is 1.89. The van der Waals surface area contributed by atoms with Crippen molar-refractivity contribution < 1.29 is 18.6 Å². The summed E-state index contributed by atoms with van der Waals surface area (Å²) < 4.78 is 30.0. The minimum absolute atomic E-state index is 0.0480. The first kappa shape index (κ1) is 11.3. The van der Waals surface area contributed by atoms with Crippen LogP contribution in [-0.4, -0.2) is 17.2 Å². The molecule has 1 rings (SSSR count). The van der Waals surface area contributed by atoms with E-state index in [-0.39, 0.29) is 11.3 Å². The lowest BCUT2D eigenvalue weighted by molar-refractivity contribution is 0.145. The Hall–Kier alpha value is -1.74. The summed E-state index contributed by atoms with van der Waals surface area (Å²) in [6.07, 6.45) is -1.74. The van der Waals surface area contributed by atoms with Gasteiger partial charge in [-0.2, -0.15) is 5.26 Å². The fraction of sp³-hybridized carbons (Fsp3) is 0.333. The Balaban J connectivity index is 3.46. The highest BCUT2D eigenvalue weighted by Crippen LogP contribution is 2.31. The second-order valence-corrected chi connectivity index (χ2v) is 2.64. The number of halogens is 2. The molecule has 0 saturated heterocycles. The van der Waals surface area contributed by atoms with Crippen molar-refractivity contribution in [3.63, 3.8) is 0 Å². The lowest BCUT2D eigenvalue weighted by Crippen LogP contribution is -2.04. The van der Waals surface area contributed by atoms with Crippen LogP contribution in [0.1, 0.15) is 23.2 Å². The van der Waals surface area contributed by atoms with Gasteiger partial charge in [-0.25, -0.2) is 13.8 Å². The number of pyridine rings is 1. The third-order valence-electron chi connectivity index (χ3n) is 1.89. The number of methoxy groups -OCH3 is 1. The zero-order chi connectivity index (χ0) is 11.4. The Morgan fingerprint density at radius 2 is 2.33 bits per heavy atom. The summed E-state index contributed by atoms with van der Waals surface area (Å²) in [5.41, 5.74) is -1.06. The molecule has 0 atom stereocenters. The van der Waals surface area contributed by atoms with E-state index in [4.69, 9.17) is 15.1 Å². The summed E-state index contributed by atoms with van der Waals surface area (Å²) in [6.45, 7) is -0.625. The predicted molar refractivity (Wildman–Crippen MR) is 46.4 cm³/mol. The second kappa shape index (κ2) is 4.66. The Kier molecular flexibility index (Phi) is 3.52. The zero-order valence-electron chi connectivity index (χ0n) is 7.87. The smallest absolute Gasteiger partial charge is 0.267 e. The minimum Gasteiger partial charge on any atom is -0.495 e. The average Bonchev–Trinajstić information content (AvgIpc) is 2.26. The van der Waals surface area contributed by atoms with Gasteiger partial charge in [0.25, 0.3) is 6.43 Å². The number of rotatable bonds is 3. The highest BCUT2D eigenvalue weighted by molar-refractivity contribution is 5.45. The summed E-state index contributed by atoms with van der Waals surface area (Å²) >= 11 is 0. The van der Waals surface area contributed by atoms with Crippen LogP contribution in [0.3, 0.4) is 0 Å². The van der Waals surface area contributed by atoms with E-state index in [0.29, 0.717) is 0 Å². The molecule has 0 aromatic carbocycles. The van der Waals surface area contributed by atoms with Crippen molar-refractivity contribution in [2.75, 3.05) is 7.11 Å². The number of hydrogen-bond donors (Lipinski definition) is 1. The first-order valence-corrected chi connectivity index (χ1v) is 4.00. The van der Waals surface area contributed by atoms with Gasteiger partial charge in [0.2, 0.25) is 0 Å². The van der Waals surface area contributed by atoms with Crippen LogP contribution in [0.15, 0.2) is 6.20 Å². The third kappa shape index (κ3) is 2.02. The topological polar surface area (TPSA) is 66.1 Å². The van der Waals surface area contributed by atoms with Gasteiger partial charge >= 0.3 is 0 Å². The summed E-state index contributed by atoms with van der Waals surface area (Å²) in [4.78, 5) is 3.52. The van der Waals surface area contributed by atoms with Crippen LogP contribution >= 0.6 is 0 Å². The van der Waals surface area contributed by atoms with Crippen molar-refractivity contribution in [2.45, 2.75) is 13.0 Å². The van der Waals surface area contributed by atoms with Crippen molar-refractivity contribution in [1.29, 1.82) is 5.26 Å². The molecule has 4 nitrogen and oxygen atoms in total. The standard InChI is InChI=1S/C9H8F2N2O2/c1-15-7-3-13-6(2-12)8(9(10)11)5(7)4-14/h3,9,14H,4H2,1H3. The minimum atomic E-state index is -2.87. The second-order valence-electron chi connectivity index (χ2n) is 2.64. The first-order valence-electron chi connectivity index (χ1n) is 4.00. The van der Waals surface area contributed by atoms with Gasteiger partial charge in [-0.05, 0) is 0 Å².